The van der Waals surface area contributed by atoms with Gasteiger partial charge in [-0.3, -0.25) is 9.48 Å². The maximum atomic E-state index is 11.8. The van der Waals surface area contributed by atoms with Crippen LogP contribution < -0.4 is 10.6 Å². The zero-order chi connectivity index (χ0) is 13.5. The van der Waals surface area contributed by atoms with Crippen LogP contribution in [0.25, 0.3) is 0 Å². The number of amides is 1. The molecule has 1 aromatic heterocycles. The Morgan fingerprint density at radius 2 is 2.11 bits per heavy atom. The van der Waals surface area contributed by atoms with Gasteiger partial charge >= 0.3 is 0 Å². The number of hydrogen-bond acceptors (Lipinski definition) is 3. The molecule has 1 saturated carbocycles. The molecule has 0 saturated heterocycles. The van der Waals surface area contributed by atoms with Crippen molar-refractivity contribution >= 4 is 5.91 Å². The second-order valence-electron chi connectivity index (χ2n) is 5.34. The standard InChI is InChI=1S/C14H24N4O/c1-18-9-8-13(17-18)10-15-11-14(19)16-12-6-4-2-3-5-7-12/h8-9,12,15H,2-7,10-11H2,1H3,(H,16,19). The Morgan fingerprint density at radius 3 is 2.74 bits per heavy atom. The number of aryl methyl sites for hydroxylation is 1. The van der Waals surface area contributed by atoms with Crippen LogP contribution in [0.15, 0.2) is 12.3 Å². The summed E-state index contributed by atoms with van der Waals surface area (Å²) in [6.45, 7) is 1.01. The van der Waals surface area contributed by atoms with Crippen LogP contribution in [-0.4, -0.2) is 28.3 Å². The molecule has 0 unspecified atom stereocenters. The van der Waals surface area contributed by atoms with E-state index in [1.807, 2.05) is 19.3 Å². The summed E-state index contributed by atoms with van der Waals surface area (Å²) in [5, 5.41) is 10.5. The molecule has 2 N–H and O–H groups in total. The van der Waals surface area contributed by atoms with Crippen molar-refractivity contribution in [2.45, 2.75) is 51.1 Å². The fourth-order valence-corrected chi connectivity index (χ4v) is 2.56. The first-order valence-corrected chi connectivity index (χ1v) is 7.22. The van der Waals surface area contributed by atoms with Crippen molar-refractivity contribution in [3.8, 4) is 0 Å². The van der Waals surface area contributed by atoms with Crippen LogP contribution in [0.2, 0.25) is 0 Å². The van der Waals surface area contributed by atoms with Crippen molar-refractivity contribution < 1.29 is 4.79 Å². The van der Waals surface area contributed by atoms with Crippen LogP contribution >= 0.6 is 0 Å². The van der Waals surface area contributed by atoms with E-state index < -0.39 is 0 Å². The van der Waals surface area contributed by atoms with E-state index >= 15 is 0 Å². The molecule has 0 radical (unpaired) electrons. The van der Waals surface area contributed by atoms with Crippen molar-refractivity contribution in [3.05, 3.63) is 18.0 Å². The van der Waals surface area contributed by atoms with E-state index in [2.05, 4.69) is 15.7 Å². The monoisotopic (exact) mass is 264 g/mol. The average molecular weight is 264 g/mol. The average Bonchev–Trinajstić information content (AvgIpc) is 2.63. The summed E-state index contributed by atoms with van der Waals surface area (Å²) >= 11 is 0. The van der Waals surface area contributed by atoms with E-state index in [1.54, 1.807) is 4.68 Å². The van der Waals surface area contributed by atoms with Gasteiger partial charge in [-0.1, -0.05) is 25.7 Å². The molecule has 2 rings (SSSR count). The van der Waals surface area contributed by atoms with E-state index in [4.69, 9.17) is 0 Å². The first kappa shape index (κ1) is 14.1. The number of hydrogen-bond donors (Lipinski definition) is 2. The number of carbonyl (C=O) groups is 1. The van der Waals surface area contributed by atoms with Gasteiger partial charge in [0, 0.05) is 25.8 Å². The normalized spacial score (nSPS) is 17.1. The highest BCUT2D eigenvalue weighted by atomic mass is 16.1. The number of aromatic nitrogens is 2. The minimum absolute atomic E-state index is 0.0998. The van der Waals surface area contributed by atoms with Gasteiger partial charge in [0.25, 0.3) is 0 Å². The predicted octanol–water partition coefficient (Wildman–Crippen LogP) is 1.35. The van der Waals surface area contributed by atoms with Crippen molar-refractivity contribution in [2.75, 3.05) is 6.54 Å². The van der Waals surface area contributed by atoms with E-state index in [-0.39, 0.29) is 5.91 Å². The van der Waals surface area contributed by atoms with E-state index in [0.29, 0.717) is 19.1 Å². The van der Waals surface area contributed by atoms with Crippen LogP contribution in [-0.2, 0) is 18.4 Å². The van der Waals surface area contributed by atoms with Gasteiger partial charge in [-0.2, -0.15) is 5.10 Å². The SMILES string of the molecule is Cn1ccc(CNCC(=O)NC2CCCCCC2)n1. The molecule has 106 valence electrons. The molecule has 0 spiro atoms. The van der Waals surface area contributed by atoms with Crippen LogP contribution in [0, 0.1) is 0 Å². The molecule has 5 nitrogen and oxygen atoms in total. The molecule has 0 bridgehead atoms. The largest absolute Gasteiger partial charge is 0.352 e. The first-order valence-electron chi connectivity index (χ1n) is 7.22. The van der Waals surface area contributed by atoms with Gasteiger partial charge in [-0.05, 0) is 18.9 Å². The summed E-state index contributed by atoms with van der Waals surface area (Å²) < 4.78 is 1.77. The molecule has 1 aliphatic rings. The molecule has 19 heavy (non-hydrogen) atoms. The molecule has 5 heteroatoms. The number of rotatable bonds is 5. The molecule has 0 aliphatic heterocycles. The summed E-state index contributed by atoms with van der Waals surface area (Å²) in [6.07, 6.45) is 9.27. The van der Waals surface area contributed by atoms with Crippen LogP contribution in [0.5, 0.6) is 0 Å². The maximum absolute atomic E-state index is 11.8. The van der Waals surface area contributed by atoms with Crippen molar-refractivity contribution in [3.63, 3.8) is 0 Å². The molecule has 0 atom stereocenters. The molecular weight excluding hydrogens is 240 g/mol. The minimum Gasteiger partial charge on any atom is -0.352 e. The second kappa shape index (κ2) is 7.28. The molecule has 1 aromatic rings. The van der Waals surface area contributed by atoms with Crippen molar-refractivity contribution in [2.24, 2.45) is 7.05 Å². The third kappa shape index (κ3) is 5.03. The fourth-order valence-electron chi connectivity index (χ4n) is 2.56. The van der Waals surface area contributed by atoms with Gasteiger partial charge in [-0.25, -0.2) is 0 Å². The highest BCUT2D eigenvalue weighted by Gasteiger charge is 2.14. The lowest BCUT2D eigenvalue weighted by molar-refractivity contribution is -0.121. The van der Waals surface area contributed by atoms with Gasteiger partial charge in [0.05, 0.1) is 12.2 Å². The third-order valence-corrected chi connectivity index (χ3v) is 3.58. The number of nitrogens with one attached hydrogen (secondary N) is 2. The lowest BCUT2D eigenvalue weighted by Gasteiger charge is -2.16. The third-order valence-electron chi connectivity index (χ3n) is 3.58. The van der Waals surface area contributed by atoms with Gasteiger partial charge in [0.15, 0.2) is 0 Å². The zero-order valence-corrected chi connectivity index (χ0v) is 11.7. The first-order chi connectivity index (χ1) is 9.24. The Balaban J connectivity index is 1.63. The zero-order valence-electron chi connectivity index (χ0n) is 11.7. The van der Waals surface area contributed by atoms with Gasteiger partial charge in [0.2, 0.25) is 5.91 Å². The quantitative estimate of drug-likeness (QED) is 0.789. The topological polar surface area (TPSA) is 59.0 Å². The van der Waals surface area contributed by atoms with E-state index in [9.17, 15) is 4.79 Å². The van der Waals surface area contributed by atoms with E-state index in [1.165, 1.54) is 25.7 Å². The molecule has 1 fully saturated rings. The number of nitrogens with zero attached hydrogens (tertiary/aromatic N) is 2. The summed E-state index contributed by atoms with van der Waals surface area (Å²) in [6, 6.07) is 2.34. The second-order valence-corrected chi connectivity index (χ2v) is 5.34. The summed E-state index contributed by atoms with van der Waals surface area (Å²) in [5.74, 6) is 0.0998. The lowest BCUT2D eigenvalue weighted by atomic mass is 10.1. The van der Waals surface area contributed by atoms with Crippen LogP contribution in [0.4, 0.5) is 0 Å². The minimum atomic E-state index is 0.0998. The molecule has 0 aromatic carbocycles. The van der Waals surface area contributed by atoms with Gasteiger partial charge < -0.3 is 10.6 Å². The van der Waals surface area contributed by atoms with Crippen LogP contribution in [0.1, 0.15) is 44.2 Å². The Hall–Kier alpha value is -1.36. The lowest BCUT2D eigenvalue weighted by Crippen LogP contribution is -2.40. The summed E-state index contributed by atoms with van der Waals surface area (Å²) in [5.41, 5.74) is 0.963. The Kier molecular flexibility index (Phi) is 5.39. The smallest absolute Gasteiger partial charge is 0.234 e. The fraction of sp³-hybridized carbons (Fsp3) is 0.714. The Morgan fingerprint density at radius 1 is 1.37 bits per heavy atom. The van der Waals surface area contributed by atoms with Crippen molar-refractivity contribution in [1.29, 1.82) is 0 Å². The molecule has 1 aliphatic carbocycles. The van der Waals surface area contributed by atoms with Gasteiger partial charge in [-0.15, -0.1) is 0 Å². The highest BCUT2D eigenvalue weighted by Crippen LogP contribution is 2.16. The molecule has 1 amide bonds. The Bertz CT molecular complexity index is 394. The van der Waals surface area contributed by atoms with E-state index in [0.717, 1.165) is 18.5 Å². The summed E-state index contributed by atoms with van der Waals surface area (Å²) in [7, 11) is 1.89. The number of carbonyl (C=O) groups excluding carboxylic acids is 1. The highest BCUT2D eigenvalue weighted by molar-refractivity contribution is 5.78. The maximum Gasteiger partial charge on any atom is 0.234 e. The Labute approximate surface area is 114 Å². The van der Waals surface area contributed by atoms with Crippen LogP contribution in [0.3, 0.4) is 0 Å². The van der Waals surface area contributed by atoms with Crippen molar-refractivity contribution in [1.82, 2.24) is 20.4 Å². The molecular formula is C14H24N4O. The molecule has 1 heterocycles. The predicted molar refractivity (Wildman–Crippen MR) is 74.5 cm³/mol. The summed E-state index contributed by atoms with van der Waals surface area (Å²) in [4.78, 5) is 11.8. The van der Waals surface area contributed by atoms with Gasteiger partial charge in [0.1, 0.15) is 0 Å².